The smallest absolute Gasteiger partial charge is 0.255 e. The van der Waals surface area contributed by atoms with E-state index in [1.165, 1.54) is 0 Å². The van der Waals surface area contributed by atoms with Gasteiger partial charge in [0.05, 0.1) is 37.2 Å². The Balaban J connectivity index is 1.75. The standard InChI is InChI=1S/C25H30N2O10/c1-10-11-3-4-13(27-5-6-37-8-7-36-2)20(30)16(11)21(31)18-15(10)19(29)12-9-14(28)17(24(26)34)22(32)25(12,35)23(18)33/h3-4,10,12,15,19,27-30,33,35H,5-9H2,1-2H3,(H2,26,34)/t10-,12+,15+,19+,25+/m0/s1. The molecule has 3 aliphatic rings. The minimum absolute atomic E-state index is 0.151. The number of hydrogen-bond donors (Lipinski definition) is 7. The molecule has 0 fully saturated rings. The zero-order valence-corrected chi connectivity index (χ0v) is 20.4. The fourth-order valence-corrected chi connectivity index (χ4v) is 5.64. The summed E-state index contributed by atoms with van der Waals surface area (Å²) in [4.78, 5) is 38.5. The summed E-state index contributed by atoms with van der Waals surface area (Å²) in [5.74, 6) is -8.90. The Morgan fingerprint density at radius 2 is 1.89 bits per heavy atom. The Kier molecular flexibility index (Phi) is 7.04. The van der Waals surface area contributed by atoms with Gasteiger partial charge in [0.1, 0.15) is 22.8 Å². The number of ketones is 2. The normalized spacial score (nSPS) is 29.1. The number of allylic oxidation sites excluding steroid dienone is 1. The lowest BCUT2D eigenvalue weighted by molar-refractivity contribution is -0.154. The van der Waals surface area contributed by atoms with E-state index < -0.39 is 81.8 Å². The highest BCUT2D eigenvalue weighted by Gasteiger charge is 2.64. The Morgan fingerprint density at radius 1 is 1.19 bits per heavy atom. The molecule has 0 spiro atoms. The van der Waals surface area contributed by atoms with Gasteiger partial charge >= 0.3 is 0 Å². The molecule has 5 atom stereocenters. The van der Waals surface area contributed by atoms with Gasteiger partial charge < -0.3 is 46.1 Å². The van der Waals surface area contributed by atoms with Crippen molar-refractivity contribution in [2.45, 2.75) is 31.0 Å². The fraction of sp³-hybridized carbons (Fsp3) is 0.480. The quantitative estimate of drug-likeness (QED) is 0.140. The number of phenols is 1. The van der Waals surface area contributed by atoms with Crippen molar-refractivity contribution in [3.8, 4) is 5.75 Å². The summed E-state index contributed by atoms with van der Waals surface area (Å²) in [6.07, 6.45) is -2.09. The van der Waals surface area contributed by atoms with Gasteiger partial charge in [0.2, 0.25) is 5.78 Å². The van der Waals surface area contributed by atoms with Crippen LogP contribution in [0.3, 0.4) is 0 Å². The molecule has 1 aromatic carbocycles. The largest absolute Gasteiger partial charge is 0.511 e. The third-order valence-electron chi connectivity index (χ3n) is 7.49. The van der Waals surface area contributed by atoms with Gasteiger partial charge in [-0.3, -0.25) is 14.4 Å². The van der Waals surface area contributed by atoms with E-state index in [0.717, 1.165) is 0 Å². The number of aliphatic hydroxyl groups excluding tert-OH is 3. The van der Waals surface area contributed by atoms with Crippen molar-refractivity contribution in [1.82, 2.24) is 0 Å². The molecule has 0 heterocycles. The first-order valence-corrected chi connectivity index (χ1v) is 11.8. The summed E-state index contributed by atoms with van der Waals surface area (Å²) >= 11 is 0. The first-order chi connectivity index (χ1) is 17.5. The number of carbonyl (C=O) groups is 3. The Bertz CT molecular complexity index is 1220. The minimum atomic E-state index is -2.86. The molecule has 1 aromatic rings. The number of aromatic hydroxyl groups is 1. The van der Waals surface area contributed by atoms with Gasteiger partial charge in [0.25, 0.3) is 5.91 Å². The van der Waals surface area contributed by atoms with Crippen LogP contribution in [0.5, 0.6) is 5.75 Å². The van der Waals surface area contributed by atoms with E-state index in [1.807, 2.05) is 0 Å². The third kappa shape index (κ3) is 3.96. The zero-order chi connectivity index (χ0) is 27.2. The molecule has 200 valence electrons. The van der Waals surface area contributed by atoms with Gasteiger partial charge in [-0.05, 0) is 17.5 Å². The molecule has 0 saturated heterocycles. The number of ether oxygens (including phenoxy) is 2. The molecule has 8 N–H and O–H groups in total. The van der Waals surface area contributed by atoms with Crippen molar-refractivity contribution in [3.05, 3.63) is 45.9 Å². The molecule has 0 saturated carbocycles. The van der Waals surface area contributed by atoms with E-state index in [2.05, 4.69) is 5.32 Å². The number of hydrogen-bond acceptors (Lipinski definition) is 11. The number of fused-ring (bicyclic) bond motifs is 3. The molecule has 0 unspecified atom stereocenters. The maximum Gasteiger partial charge on any atom is 0.255 e. The highest BCUT2D eigenvalue weighted by atomic mass is 16.5. The zero-order valence-electron chi connectivity index (χ0n) is 20.4. The number of nitrogens with one attached hydrogen (secondary N) is 1. The number of rotatable bonds is 8. The first kappa shape index (κ1) is 26.6. The van der Waals surface area contributed by atoms with Gasteiger partial charge in [-0.25, -0.2) is 0 Å². The molecule has 4 rings (SSSR count). The average molecular weight is 519 g/mol. The van der Waals surface area contributed by atoms with E-state index in [-0.39, 0.29) is 11.3 Å². The van der Waals surface area contributed by atoms with Crippen LogP contribution < -0.4 is 11.1 Å². The number of Topliss-reactive ketones (excluding diaryl/α,β-unsaturated/α-hetero) is 2. The van der Waals surface area contributed by atoms with Gasteiger partial charge in [0, 0.05) is 37.5 Å². The Hall–Kier alpha value is -3.45. The van der Waals surface area contributed by atoms with Crippen molar-refractivity contribution in [2.24, 2.45) is 17.6 Å². The van der Waals surface area contributed by atoms with Crippen LogP contribution in [0.15, 0.2) is 34.8 Å². The van der Waals surface area contributed by atoms with Crippen molar-refractivity contribution < 1.29 is 49.4 Å². The van der Waals surface area contributed by atoms with E-state index >= 15 is 0 Å². The van der Waals surface area contributed by atoms with Crippen molar-refractivity contribution in [1.29, 1.82) is 0 Å². The number of phenolic OH excluding ortho intramolecular Hbond substituents is 1. The van der Waals surface area contributed by atoms with E-state index in [9.17, 15) is 39.9 Å². The summed E-state index contributed by atoms with van der Waals surface area (Å²) in [5, 5.41) is 57.9. The van der Waals surface area contributed by atoms with Gasteiger partial charge in [-0.1, -0.05) is 13.0 Å². The maximum absolute atomic E-state index is 13.6. The second kappa shape index (κ2) is 9.78. The molecule has 12 nitrogen and oxygen atoms in total. The van der Waals surface area contributed by atoms with Crippen LogP contribution >= 0.6 is 0 Å². The average Bonchev–Trinajstić information content (AvgIpc) is 2.84. The van der Waals surface area contributed by atoms with E-state index in [1.54, 1.807) is 26.2 Å². The van der Waals surface area contributed by atoms with Crippen molar-refractivity contribution in [3.63, 3.8) is 0 Å². The van der Waals surface area contributed by atoms with E-state index in [4.69, 9.17) is 15.2 Å². The number of nitrogens with two attached hydrogens (primary N) is 1. The highest BCUT2D eigenvalue weighted by Crippen LogP contribution is 2.55. The molecule has 37 heavy (non-hydrogen) atoms. The number of anilines is 1. The van der Waals surface area contributed by atoms with Crippen molar-refractivity contribution in [2.75, 3.05) is 38.8 Å². The molecule has 0 radical (unpaired) electrons. The number of primary amides is 1. The summed E-state index contributed by atoms with van der Waals surface area (Å²) in [6, 6.07) is 3.19. The SMILES string of the molecule is COCCOCCNc1ccc2c(c1O)C(=O)C1=C(O)[C@]3(O)C(=O)C(C(N)=O)=C(O)C[C@@H]3[C@@H](O)[C@@H]1[C@H]2C. The Labute approximate surface area is 212 Å². The second-order valence-corrected chi connectivity index (χ2v) is 9.45. The van der Waals surface area contributed by atoms with Crippen LogP contribution in [0, 0.1) is 11.8 Å². The molecular formula is C25H30N2O10. The molecule has 3 aliphatic carbocycles. The number of benzene rings is 1. The predicted molar refractivity (Wildman–Crippen MR) is 128 cm³/mol. The van der Waals surface area contributed by atoms with Crippen LogP contribution in [0.1, 0.15) is 35.2 Å². The monoisotopic (exact) mass is 518 g/mol. The summed E-state index contributed by atoms with van der Waals surface area (Å²) in [6.45, 7) is 3.07. The summed E-state index contributed by atoms with van der Waals surface area (Å²) < 4.78 is 10.3. The molecular weight excluding hydrogens is 488 g/mol. The third-order valence-corrected chi connectivity index (χ3v) is 7.49. The lowest BCUT2D eigenvalue weighted by Crippen LogP contribution is -2.62. The Morgan fingerprint density at radius 3 is 2.54 bits per heavy atom. The lowest BCUT2D eigenvalue weighted by Gasteiger charge is -2.50. The number of carbonyl (C=O) groups excluding carboxylic acids is 3. The number of amides is 1. The van der Waals surface area contributed by atoms with Gasteiger partial charge in [-0.15, -0.1) is 0 Å². The van der Waals surface area contributed by atoms with Crippen LogP contribution in [-0.4, -0.2) is 88.2 Å². The molecule has 0 aliphatic heterocycles. The van der Waals surface area contributed by atoms with Gasteiger partial charge in [0.15, 0.2) is 11.4 Å². The number of aliphatic hydroxyl groups is 4. The van der Waals surface area contributed by atoms with Crippen LogP contribution in [-0.2, 0) is 19.1 Å². The summed E-state index contributed by atoms with van der Waals surface area (Å²) in [7, 11) is 1.55. The maximum atomic E-state index is 13.6. The molecule has 12 heteroatoms. The van der Waals surface area contributed by atoms with Crippen LogP contribution in [0.4, 0.5) is 5.69 Å². The highest BCUT2D eigenvalue weighted by molar-refractivity contribution is 6.24. The van der Waals surface area contributed by atoms with Crippen LogP contribution in [0.25, 0.3) is 0 Å². The van der Waals surface area contributed by atoms with Crippen LogP contribution in [0.2, 0.25) is 0 Å². The second-order valence-electron chi connectivity index (χ2n) is 9.45. The fourth-order valence-electron chi connectivity index (χ4n) is 5.64. The van der Waals surface area contributed by atoms with Gasteiger partial charge in [-0.2, -0.15) is 0 Å². The molecule has 0 aromatic heterocycles. The van der Waals surface area contributed by atoms with Crippen molar-refractivity contribution >= 4 is 23.2 Å². The first-order valence-electron chi connectivity index (χ1n) is 11.8. The lowest BCUT2D eigenvalue weighted by atomic mass is 9.56. The minimum Gasteiger partial charge on any atom is -0.511 e. The molecule has 0 bridgehead atoms. The number of methoxy groups -OCH3 is 1. The topological polar surface area (TPSA) is 209 Å². The summed E-state index contributed by atoms with van der Waals surface area (Å²) in [5.41, 5.74) is 1.45. The predicted octanol–water partition coefficient (Wildman–Crippen LogP) is 0.187. The molecule has 1 amide bonds. The van der Waals surface area contributed by atoms with E-state index in [0.29, 0.717) is 31.9 Å².